The van der Waals surface area contributed by atoms with Gasteiger partial charge in [0.2, 0.25) is 0 Å². The van der Waals surface area contributed by atoms with E-state index in [-0.39, 0.29) is 18.4 Å². The minimum absolute atomic E-state index is 0. The molecule has 1 aliphatic carbocycles. The van der Waals surface area contributed by atoms with Crippen molar-refractivity contribution in [1.82, 2.24) is 0 Å². The Kier molecular flexibility index (Phi) is 5.76. The van der Waals surface area contributed by atoms with Crippen LogP contribution in [-0.4, -0.2) is 14.2 Å². The van der Waals surface area contributed by atoms with E-state index in [0.717, 1.165) is 17.1 Å². The molecule has 0 heterocycles. The summed E-state index contributed by atoms with van der Waals surface area (Å²) >= 11 is 0. The fourth-order valence-corrected chi connectivity index (χ4v) is 2.66. The van der Waals surface area contributed by atoms with Crippen molar-refractivity contribution in [2.24, 2.45) is 11.7 Å². The third kappa shape index (κ3) is 3.09. The molecule has 18 heavy (non-hydrogen) atoms. The highest BCUT2D eigenvalue weighted by Crippen LogP contribution is 2.38. The van der Waals surface area contributed by atoms with Crippen molar-refractivity contribution in [2.75, 3.05) is 14.2 Å². The van der Waals surface area contributed by atoms with Gasteiger partial charge >= 0.3 is 0 Å². The van der Waals surface area contributed by atoms with Gasteiger partial charge in [0.05, 0.1) is 14.2 Å². The summed E-state index contributed by atoms with van der Waals surface area (Å²) in [6, 6.07) is 5.97. The van der Waals surface area contributed by atoms with Gasteiger partial charge < -0.3 is 15.2 Å². The molecule has 0 amide bonds. The quantitative estimate of drug-likeness (QED) is 0.914. The molecule has 1 saturated carbocycles. The van der Waals surface area contributed by atoms with Crippen molar-refractivity contribution in [1.29, 1.82) is 0 Å². The minimum atomic E-state index is 0. The number of benzene rings is 1. The molecule has 2 rings (SSSR count). The predicted octanol–water partition coefficient (Wildman–Crippen LogP) is 3.32. The second-order valence-electron chi connectivity index (χ2n) is 4.68. The lowest BCUT2D eigenvalue weighted by Gasteiger charge is -2.21. The van der Waals surface area contributed by atoms with Crippen LogP contribution >= 0.6 is 12.4 Å². The third-order valence-corrected chi connectivity index (χ3v) is 3.71. The summed E-state index contributed by atoms with van der Waals surface area (Å²) in [5.74, 6) is 2.24. The van der Waals surface area contributed by atoms with E-state index >= 15 is 0 Å². The van der Waals surface area contributed by atoms with Crippen molar-refractivity contribution in [3.05, 3.63) is 23.8 Å². The van der Waals surface area contributed by atoms with E-state index in [9.17, 15) is 0 Å². The van der Waals surface area contributed by atoms with E-state index in [1.807, 2.05) is 18.2 Å². The number of rotatable bonds is 4. The molecule has 0 saturated heterocycles. The molecule has 102 valence electrons. The summed E-state index contributed by atoms with van der Waals surface area (Å²) in [6.07, 6.45) is 5.07. The molecule has 1 atom stereocenters. The van der Waals surface area contributed by atoms with Gasteiger partial charge in [-0.15, -0.1) is 12.4 Å². The molecule has 0 unspecified atom stereocenters. The fourth-order valence-electron chi connectivity index (χ4n) is 2.66. The Hall–Kier alpha value is -0.930. The van der Waals surface area contributed by atoms with E-state index in [1.54, 1.807) is 14.2 Å². The molecular formula is C14H22ClNO2. The zero-order chi connectivity index (χ0) is 12.3. The largest absolute Gasteiger partial charge is 0.497 e. The van der Waals surface area contributed by atoms with E-state index in [4.69, 9.17) is 15.2 Å². The predicted molar refractivity (Wildman–Crippen MR) is 75.7 cm³/mol. The van der Waals surface area contributed by atoms with Gasteiger partial charge in [-0.3, -0.25) is 0 Å². The Morgan fingerprint density at radius 1 is 1.17 bits per heavy atom. The first-order chi connectivity index (χ1) is 8.26. The van der Waals surface area contributed by atoms with E-state index in [2.05, 4.69) is 0 Å². The average Bonchev–Trinajstić information content (AvgIpc) is 2.91. The van der Waals surface area contributed by atoms with Crippen LogP contribution in [0.1, 0.15) is 37.3 Å². The smallest absolute Gasteiger partial charge is 0.127 e. The van der Waals surface area contributed by atoms with Crippen LogP contribution in [0.5, 0.6) is 11.5 Å². The lowest BCUT2D eigenvalue weighted by molar-refractivity contribution is 0.375. The molecule has 4 heteroatoms. The van der Waals surface area contributed by atoms with Gasteiger partial charge in [-0.25, -0.2) is 0 Å². The molecule has 1 aliphatic rings. The van der Waals surface area contributed by atoms with Gasteiger partial charge in [-0.05, 0) is 24.8 Å². The SMILES string of the molecule is COc1ccc([C@H](N)C2CCCC2)c(OC)c1.Cl. The second-order valence-corrected chi connectivity index (χ2v) is 4.68. The zero-order valence-corrected chi connectivity index (χ0v) is 11.8. The van der Waals surface area contributed by atoms with Crippen LogP contribution in [-0.2, 0) is 0 Å². The van der Waals surface area contributed by atoms with E-state index in [1.165, 1.54) is 25.7 Å². The lowest BCUT2D eigenvalue weighted by Crippen LogP contribution is -2.19. The van der Waals surface area contributed by atoms with Crippen LogP contribution in [0, 0.1) is 5.92 Å². The zero-order valence-electron chi connectivity index (χ0n) is 11.0. The van der Waals surface area contributed by atoms with Gasteiger partial charge in [-0.1, -0.05) is 18.9 Å². The lowest BCUT2D eigenvalue weighted by atomic mass is 9.92. The molecule has 3 nitrogen and oxygen atoms in total. The minimum Gasteiger partial charge on any atom is -0.497 e. The summed E-state index contributed by atoms with van der Waals surface area (Å²) < 4.78 is 10.6. The molecule has 1 fully saturated rings. The molecular weight excluding hydrogens is 250 g/mol. The monoisotopic (exact) mass is 271 g/mol. The first-order valence-electron chi connectivity index (χ1n) is 6.23. The molecule has 0 aromatic heterocycles. The Balaban J connectivity index is 0.00000162. The van der Waals surface area contributed by atoms with E-state index in [0.29, 0.717) is 5.92 Å². The Morgan fingerprint density at radius 2 is 1.83 bits per heavy atom. The Labute approximate surface area is 115 Å². The van der Waals surface area contributed by atoms with Crippen LogP contribution in [0.15, 0.2) is 18.2 Å². The van der Waals surface area contributed by atoms with Crippen molar-refractivity contribution < 1.29 is 9.47 Å². The first-order valence-corrected chi connectivity index (χ1v) is 6.23. The van der Waals surface area contributed by atoms with Gasteiger partial charge in [-0.2, -0.15) is 0 Å². The highest BCUT2D eigenvalue weighted by molar-refractivity contribution is 5.85. The second kappa shape index (κ2) is 6.86. The number of ether oxygens (including phenoxy) is 2. The van der Waals surface area contributed by atoms with Crippen molar-refractivity contribution in [3.63, 3.8) is 0 Å². The molecule has 0 radical (unpaired) electrons. The first kappa shape index (κ1) is 15.1. The third-order valence-electron chi connectivity index (χ3n) is 3.71. The summed E-state index contributed by atoms with van der Waals surface area (Å²) in [5.41, 5.74) is 7.44. The number of nitrogens with two attached hydrogens (primary N) is 1. The molecule has 0 spiro atoms. The summed E-state index contributed by atoms with van der Waals surface area (Å²) in [7, 11) is 3.34. The summed E-state index contributed by atoms with van der Waals surface area (Å²) in [4.78, 5) is 0. The Morgan fingerprint density at radius 3 is 2.39 bits per heavy atom. The maximum atomic E-state index is 6.35. The van der Waals surface area contributed by atoms with Gasteiger partial charge in [0, 0.05) is 17.7 Å². The highest BCUT2D eigenvalue weighted by atomic mass is 35.5. The van der Waals surface area contributed by atoms with Crippen molar-refractivity contribution in [2.45, 2.75) is 31.7 Å². The van der Waals surface area contributed by atoms with Crippen molar-refractivity contribution in [3.8, 4) is 11.5 Å². The van der Waals surface area contributed by atoms with Crippen molar-refractivity contribution >= 4 is 12.4 Å². The van der Waals surface area contributed by atoms with Crippen LogP contribution in [0.3, 0.4) is 0 Å². The molecule has 1 aromatic rings. The molecule has 2 N–H and O–H groups in total. The standard InChI is InChI=1S/C14H21NO2.ClH/c1-16-11-7-8-12(13(9-11)17-2)14(15)10-5-3-4-6-10;/h7-10,14H,3-6,15H2,1-2H3;1H/t14-;/m1./s1. The Bertz CT molecular complexity index is 378. The van der Waals surface area contributed by atoms with Gasteiger partial charge in [0.25, 0.3) is 0 Å². The van der Waals surface area contributed by atoms with Gasteiger partial charge in [0.15, 0.2) is 0 Å². The number of hydrogen-bond donors (Lipinski definition) is 1. The van der Waals surface area contributed by atoms with Crippen LogP contribution in [0.4, 0.5) is 0 Å². The average molecular weight is 272 g/mol. The molecule has 0 aliphatic heterocycles. The molecule has 1 aromatic carbocycles. The van der Waals surface area contributed by atoms with Crippen LogP contribution in [0.2, 0.25) is 0 Å². The number of halogens is 1. The topological polar surface area (TPSA) is 44.5 Å². The number of methoxy groups -OCH3 is 2. The maximum Gasteiger partial charge on any atom is 0.127 e. The summed E-state index contributed by atoms with van der Waals surface area (Å²) in [5, 5.41) is 0. The fraction of sp³-hybridized carbons (Fsp3) is 0.571. The van der Waals surface area contributed by atoms with E-state index < -0.39 is 0 Å². The number of hydrogen-bond acceptors (Lipinski definition) is 3. The maximum absolute atomic E-state index is 6.35. The van der Waals surface area contributed by atoms with Crippen LogP contribution < -0.4 is 15.2 Å². The van der Waals surface area contributed by atoms with Crippen LogP contribution in [0.25, 0.3) is 0 Å². The molecule has 0 bridgehead atoms. The summed E-state index contributed by atoms with van der Waals surface area (Å²) in [6.45, 7) is 0. The van der Waals surface area contributed by atoms with Gasteiger partial charge in [0.1, 0.15) is 11.5 Å². The normalized spacial score (nSPS) is 17.1. The highest BCUT2D eigenvalue weighted by Gasteiger charge is 2.25.